The van der Waals surface area contributed by atoms with Crippen LogP contribution in [0.1, 0.15) is 12.5 Å². The van der Waals surface area contributed by atoms with Crippen molar-refractivity contribution in [1.29, 1.82) is 0 Å². The number of hydrogen-bond donors (Lipinski definition) is 1. The molecule has 1 N–H and O–H groups in total. The Hall–Kier alpha value is -2.54. The number of benzene rings is 2. The molecule has 2 aromatic carbocycles. The molecule has 2 rings (SSSR count). The van der Waals surface area contributed by atoms with Gasteiger partial charge in [-0.3, -0.25) is 9.10 Å². The molecular weight excluding hydrogens is 340 g/mol. The van der Waals surface area contributed by atoms with E-state index in [0.717, 1.165) is 16.1 Å². The zero-order valence-corrected chi connectivity index (χ0v) is 15.5. The molecule has 1 atom stereocenters. The third-order valence-corrected chi connectivity index (χ3v) is 4.94. The van der Waals surface area contributed by atoms with Crippen molar-refractivity contribution in [2.24, 2.45) is 0 Å². The van der Waals surface area contributed by atoms with E-state index in [2.05, 4.69) is 5.32 Å². The number of nitrogens with zero attached hydrogens (tertiary/aromatic N) is 1. The van der Waals surface area contributed by atoms with E-state index in [9.17, 15) is 13.2 Å². The maximum atomic E-state index is 12.6. The molecule has 0 aliphatic rings. The molecule has 0 saturated heterocycles. The topological polar surface area (TPSA) is 75.7 Å². The quantitative estimate of drug-likeness (QED) is 0.857. The lowest BCUT2D eigenvalue weighted by Crippen LogP contribution is -2.45. The Balaban J connectivity index is 2.29. The number of sulfonamides is 1. The van der Waals surface area contributed by atoms with Crippen LogP contribution in [-0.2, 0) is 14.8 Å². The summed E-state index contributed by atoms with van der Waals surface area (Å²) in [6.07, 6.45) is 1.08. The van der Waals surface area contributed by atoms with Crippen molar-refractivity contribution in [3.63, 3.8) is 0 Å². The average Bonchev–Trinajstić information content (AvgIpc) is 2.54. The zero-order chi connectivity index (χ0) is 18.6. The molecule has 0 aliphatic carbocycles. The van der Waals surface area contributed by atoms with Gasteiger partial charge in [-0.2, -0.15) is 0 Å². The van der Waals surface area contributed by atoms with Gasteiger partial charge in [-0.1, -0.05) is 12.1 Å². The summed E-state index contributed by atoms with van der Waals surface area (Å²) in [6, 6.07) is 12.9. The van der Waals surface area contributed by atoms with Crippen molar-refractivity contribution >= 4 is 27.3 Å². The molecule has 2 aromatic rings. The van der Waals surface area contributed by atoms with E-state index in [1.165, 1.54) is 7.11 Å². The Morgan fingerprint density at radius 1 is 1.16 bits per heavy atom. The number of methoxy groups -OCH3 is 1. The van der Waals surface area contributed by atoms with Crippen molar-refractivity contribution in [2.75, 3.05) is 23.0 Å². The fourth-order valence-electron chi connectivity index (χ4n) is 2.51. The van der Waals surface area contributed by atoms with Gasteiger partial charge in [-0.25, -0.2) is 8.42 Å². The van der Waals surface area contributed by atoms with E-state index in [1.54, 1.807) is 37.3 Å². The highest BCUT2D eigenvalue weighted by atomic mass is 32.2. The number of aryl methyl sites for hydroxylation is 1. The number of anilines is 2. The molecule has 0 aliphatic heterocycles. The van der Waals surface area contributed by atoms with Crippen LogP contribution >= 0.6 is 0 Å². The molecule has 7 heteroatoms. The first kappa shape index (κ1) is 18.8. The molecule has 1 amide bonds. The molecule has 25 heavy (non-hydrogen) atoms. The molecule has 6 nitrogen and oxygen atoms in total. The molecule has 0 saturated carbocycles. The minimum atomic E-state index is -3.65. The van der Waals surface area contributed by atoms with E-state index in [4.69, 9.17) is 4.74 Å². The van der Waals surface area contributed by atoms with Gasteiger partial charge in [0.25, 0.3) is 0 Å². The average molecular weight is 362 g/mol. The summed E-state index contributed by atoms with van der Waals surface area (Å²) < 4.78 is 30.7. The number of nitrogens with one attached hydrogen (secondary N) is 1. The summed E-state index contributed by atoms with van der Waals surface area (Å²) in [5.41, 5.74) is 2.02. The predicted octanol–water partition coefficient (Wildman–Crippen LogP) is 2.80. The summed E-state index contributed by atoms with van der Waals surface area (Å²) >= 11 is 0. The first-order valence-corrected chi connectivity index (χ1v) is 9.58. The standard InChI is InChI=1S/C18H22N2O4S/c1-13-6-5-7-15(12-13)19-18(21)14(2)20(25(4,22)23)16-8-10-17(24-3)11-9-16/h5-12,14H,1-4H3,(H,19,21)/t14-/m1/s1. The fraction of sp³-hybridized carbons (Fsp3) is 0.278. The van der Waals surface area contributed by atoms with Gasteiger partial charge in [-0.15, -0.1) is 0 Å². The smallest absolute Gasteiger partial charge is 0.247 e. The van der Waals surface area contributed by atoms with Crippen molar-refractivity contribution in [1.82, 2.24) is 0 Å². The third kappa shape index (κ3) is 4.73. The number of hydrogen-bond acceptors (Lipinski definition) is 4. The summed E-state index contributed by atoms with van der Waals surface area (Å²) in [5.74, 6) is 0.195. The second-order valence-corrected chi connectivity index (χ2v) is 7.65. The lowest BCUT2D eigenvalue weighted by atomic mass is 10.2. The lowest BCUT2D eigenvalue weighted by molar-refractivity contribution is -0.116. The molecule has 0 bridgehead atoms. The van der Waals surface area contributed by atoms with Gasteiger partial charge in [0.2, 0.25) is 15.9 Å². The van der Waals surface area contributed by atoms with Crippen molar-refractivity contribution in [3.05, 3.63) is 54.1 Å². The molecule has 0 unspecified atom stereocenters. The van der Waals surface area contributed by atoms with Crippen LogP contribution in [0.4, 0.5) is 11.4 Å². The summed E-state index contributed by atoms with van der Waals surface area (Å²) in [6.45, 7) is 3.47. The lowest BCUT2D eigenvalue weighted by Gasteiger charge is -2.28. The van der Waals surface area contributed by atoms with Crippen LogP contribution in [0.15, 0.2) is 48.5 Å². The van der Waals surface area contributed by atoms with Gasteiger partial charge in [0, 0.05) is 5.69 Å². The monoisotopic (exact) mass is 362 g/mol. The van der Waals surface area contributed by atoms with Gasteiger partial charge in [0.05, 0.1) is 19.1 Å². The summed E-state index contributed by atoms with van der Waals surface area (Å²) in [5, 5.41) is 2.76. The van der Waals surface area contributed by atoms with Gasteiger partial charge in [0.15, 0.2) is 0 Å². The van der Waals surface area contributed by atoms with Crippen LogP contribution in [-0.4, -0.2) is 33.7 Å². The highest BCUT2D eigenvalue weighted by Crippen LogP contribution is 2.24. The first-order valence-electron chi connectivity index (χ1n) is 7.73. The van der Waals surface area contributed by atoms with E-state index in [0.29, 0.717) is 17.1 Å². The largest absolute Gasteiger partial charge is 0.497 e. The highest BCUT2D eigenvalue weighted by Gasteiger charge is 2.29. The second kappa shape index (κ2) is 7.57. The van der Waals surface area contributed by atoms with Crippen LogP contribution in [0.2, 0.25) is 0 Å². The van der Waals surface area contributed by atoms with E-state index in [-0.39, 0.29) is 0 Å². The molecule has 0 fully saturated rings. The Labute approximate surface area is 148 Å². The van der Waals surface area contributed by atoms with Crippen molar-refractivity contribution in [2.45, 2.75) is 19.9 Å². The predicted molar refractivity (Wildman–Crippen MR) is 99.6 cm³/mol. The number of carbonyl (C=O) groups excluding carboxylic acids is 1. The third-order valence-electron chi connectivity index (χ3n) is 3.70. The number of rotatable bonds is 6. The molecule has 134 valence electrons. The van der Waals surface area contributed by atoms with Gasteiger partial charge >= 0.3 is 0 Å². The van der Waals surface area contributed by atoms with Gasteiger partial charge in [-0.05, 0) is 55.8 Å². The normalized spacial score (nSPS) is 12.3. The highest BCUT2D eigenvalue weighted by molar-refractivity contribution is 7.92. The molecule has 0 radical (unpaired) electrons. The molecule has 0 heterocycles. The Kier molecular flexibility index (Phi) is 5.69. The zero-order valence-electron chi connectivity index (χ0n) is 14.7. The van der Waals surface area contributed by atoms with E-state index in [1.807, 2.05) is 25.1 Å². The Morgan fingerprint density at radius 2 is 1.80 bits per heavy atom. The van der Waals surface area contributed by atoms with Crippen LogP contribution in [0, 0.1) is 6.92 Å². The van der Waals surface area contributed by atoms with Crippen molar-refractivity contribution < 1.29 is 17.9 Å². The maximum Gasteiger partial charge on any atom is 0.247 e. The minimum absolute atomic E-state index is 0.398. The van der Waals surface area contributed by atoms with Gasteiger partial charge in [0.1, 0.15) is 11.8 Å². The summed E-state index contributed by atoms with van der Waals surface area (Å²) in [4.78, 5) is 12.6. The summed E-state index contributed by atoms with van der Waals surface area (Å²) in [7, 11) is -2.12. The van der Waals surface area contributed by atoms with E-state index >= 15 is 0 Å². The Bertz CT molecular complexity index is 848. The molecule has 0 aromatic heterocycles. The number of ether oxygens (including phenoxy) is 1. The first-order chi connectivity index (χ1) is 11.7. The Morgan fingerprint density at radius 3 is 2.32 bits per heavy atom. The van der Waals surface area contributed by atoms with Crippen molar-refractivity contribution in [3.8, 4) is 5.75 Å². The molecule has 0 spiro atoms. The van der Waals surface area contributed by atoms with Crippen LogP contribution in [0.5, 0.6) is 5.75 Å². The molecular formula is C18H22N2O4S. The minimum Gasteiger partial charge on any atom is -0.497 e. The van der Waals surface area contributed by atoms with E-state index < -0.39 is 22.0 Å². The number of amides is 1. The van der Waals surface area contributed by atoms with Crippen LogP contribution in [0.3, 0.4) is 0 Å². The van der Waals surface area contributed by atoms with Crippen LogP contribution < -0.4 is 14.4 Å². The number of carbonyl (C=O) groups is 1. The second-order valence-electron chi connectivity index (χ2n) is 5.79. The fourth-order valence-corrected chi connectivity index (χ4v) is 3.68. The maximum absolute atomic E-state index is 12.6. The van der Waals surface area contributed by atoms with Gasteiger partial charge < -0.3 is 10.1 Å². The SMILES string of the molecule is COc1ccc(N([C@H](C)C(=O)Nc2cccc(C)c2)S(C)(=O)=O)cc1. The van der Waals surface area contributed by atoms with Crippen LogP contribution in [0.25, 0.3) is 0 Å².